The van der Waals surface area contributed by atoms with Gasteiger partial charge in [0.2, 0.25) is 0 Å². The van der Waals surface area contributed by atoms with Gasteiger partial charge < -0.3 is 0 Å². The predicted molar refractivity (Wildman–Crippen MR) is 109 cm³/mol. The molecule has 0 unspecified atom stereocenters. The molecule has 0 aliphatic heterocycles. The quantitative estimate of drug-likeness (QED) is 0.252. The van der Waals surface area contributed by atoms with Gasteiger partial charge in [-0.1, -0.05) is 44.2 Å². The highest BCUT2D eigenvalue weighted by Crippen LogP contribution is 2.27. The summed E-state index contributed by atoms with van der Waals surface area (Å²) in [4.78, 5) is 0. The molecule has 3 heteroatoms. The van der Waals surface area contributed by atoms with Crippen molar-refractivity contribution in [1.82, 2.24) is 0 Å². The Hall–Kier alpha value is -0.930. The molecule has 0 rings (SSSR count). The Kier molecular flexibility index (Phi) is 12.1. The van der Waals surface area contributed by atoms with Crippen LogP contribution in [0.15, 0.2) is 61.8 Å². The Balaban J connectivity index is 5.07. The average molecular weight is 336 g/mol. The number of hydrogen-bond donors (Lipinski definition) is 0. The third kappa shape index (κ3) is 8.50. The van der Waals surface area contributed by atoms with Gasteiger partial charge in [-0.15, -0.1) is 11.8 Å². The van der Waals surface area contributed by atoms with Crippen LogP contribution in [-0.2, 0) is 0 Å². The minimum Gasteiger partial charge on any atom is -0.219 e. The van der Waals surface area contributed by atoms with Crippen molar-refractivity contribution >= 4 is 29.9 Å². The molecule has 0 heterocycles. The van der Waals surface area contributed by atoms with Gasteiger partial charge in [0.25, 0.3) is 0 Å². The molecular formula is C19H29NS2. The van der Waals surface area contributed by atoms with Gasteiger partial charge in [-0.3, -0.25) is 0 Å². The van der Waals surface area contributed by atoms with E-state index >= 15 is 0 Å². The summed E-state index contributed by atoms with van der Waals surface area (Å²) in [5, 5.41) is 0. The smallest absolute Gasteiger partial charge is 0.0630 e. The van der Waals surface area contributed by atoms with E-state index in [1.54, 1.807) is 17.8 Å². The molecule has 0 atom stereocenters. The molecule has 0 aromatic rings. The normalized spacial score (nSPS) is 15.3. The zero-order valence-electron chi connectivity index (χ0n) is 14.8. The number of nitrogens with zero attached hydrogens (tertiary/aromatic N) is 1. The Bertz CT molecular complexity index is 506. The first-order valence-corrected chi connectivity index (χ1v) is 9.62. The van der Waals surface area contributed by atoms with Crippen LogP contribution in [0.5, 0.6) is 0 Å². The lowest BCUT2D eigenvalue weighted by Gasteiger charge is -2.09. The monoisotopic (exact) mass is 335 g/mol. The average Bonchev–Trinajstić information content (AvgIpc) is 2.47. The van der Waals surface area contributed by atoms with E-state index in [-0.39, 0.29) is 0 Å². The molecule has 1 nitrogen and oxygen atoms in total. The van der Waals surface area contributed by atoms with Crippen LogP contribution in [0.4, 0.5) is 0 Å². The molecule has 0 aromatic heterocycles. The predicted octanol–water partition coefficient (Wildman–Crippen LogP) is 7.12. The van der Waals surface area contributed by atoms with E-state index in [0.717, 1.165) is 17.1 Å². The Morgan fingerprint density at radius 2 is 1.86 bits per heavy atom. The topological polar surface area (TPSA) is 12.4 Å². The van der Waals surface area contributed by atoms with Crippen molar-refractivity contribution in [3.05, 3.63) is 57.4 Å². The van der Waals surface area contributed by atoms with Crippen molar-refractivity contribution in [2.45, 2.75) is 47.5 Å². The fourth-order valence-corrected chi connectivity index (χ4v) is 3.30. The van der Waals surface area contributed by atoms with E-state index in [1.807, 2.05) is 18.5 Å². The number of rotatable bonds is 9. The van der Waals surface area contributed by atoms with Gasteiger partial charge in [0.1, 0.15) is 0 Å². The molecule has 0 spiro atoms. The molecule has 0 aliphatic rings. The van der Waals surface area contributed by atoms with Crippen LogP contribution in [0, 0.1) is 0 Å². The summed E-state index contributed by atoms with van der Waals surface area (Å²) in [5.41, 5.74) is 5.31. The summed E-state index contributed by atoms with van der Waals surface area (Å²) in [6, 6.07) is 0. The number of allylic oxidation sites excluding steroid dienone is 8. The summed E-state index contributed by atoms with van der Waals surface area (Å²) < 4.78 is 5.57. The molecule has 22 heavy (non-hydrogen) atoms. The largest absolute Gasteiger partial charge is 0.219 e. The maximum atomic E-state index is 4.43. The lowest BCUT2D eigenvalue weighted by atomic mass is 9.97. The SMILES string of the molecule is C=C/C=C(/SC)SN=C\C(C)=C/C(C)=C(CC)/C(C)=C\CC. The van der Waals surface area contributed by atoms with Gasteiger partial charge >= 0.3 is 0 Å². The van der Waals surface area contributed by atoms with Gasteiger partial charge in [0.05, 0.1) is 4.24 Å². The fraction of sp³-hybridized carbons (Fsp3) is 0.421. The zero-order valence-corrected chi connectivity index (χ0v) is 16.4. The third-order valence-corrected chi connectivity index (χ3v) is 4.90. The van der Waals surface area contributed by atoms with Gasteiger partial charge in [0.15, 0.2) is 0 Å². The van der Waals surface area contributed by atoms with Crippen molar-refractivity contribution in [2.24, 2.45) is 4.40 Å². The maximum absolute atomic E-state index is 4.43. The van der Waals surface area contributed by atoms with E-state index in [9.17, 15) is 0 Å². The van der Waals surface area contributed by atoms with Crippen LogP contribution in [0.25, 0.3) is 0 Å². The van der Waals surface area contributed by atoms with Crippen molar-refractivity contribution in [3.63, 3.8) is 0 Å². The van der Waals surface area contributed by atoms with Crippen LogP contribution in [0.3, 0.4) is 0 Å². The van der Waals surface area contributed by atoms with Crippen LogP contribution in [0.1, 0.15) is 47.5 Å². The molecule has 0 aliphatic carbocycles. The van der Waals surface area contributed by atoms with Crippen molar-refractivity contribution in [2.75, 3.05) is 6.26 Å². The standard InChI is InChI=1S/C19H29NS2/c1-8-11-16(5)18(10-3)17(6)13-15(4)14-20-22-19(21-7)12-9-2/h9,11-14H,2,8,10H2,1,3-7H3/b15-13-,16-11-,18-17+,19-12-,20-14?. The van der Waals surface area contributed by atoms with E-state index in [1.165, 1.54) is 34.2 Å². The summed E-state index contributed by atoms with van der Waals surface area (Å²) in [7, 11) is 0. The first-order chi connectivity index (χ1) is 10.5. The summed E-state index contributed by atoms with van der Waals surface area (Å²) in [5.74, 6) is 0. The zero-order chi connectivity index (χ0) is 17.0. The van der Waals surface area contributed by atoms with Crippen LogP contribution >= 0.6 is 23.7 Å². The Labute approximate surface area is 145 Å². The molecule has 0 radical (unpaired) electrons. The molecule has 0 bridgehead atoms. The highest BCUT2D eigenvalue weighted by Gasteiger charge is 2.01. The van der Waals surface area contributed by atoms with E-state index in [2.05, 4.69) is 57.7 Å². The number of thioether (sulfide) groups is 1. The first kappa shape index (κ1) is 21.1. The first-order valence-electron chi connectivity index (χ1n) is 7.62. The molecular weight excluding hydrogens is 306 g/mol. The maximum Gasteiger partial charge on any atom is 0.0630 e. The summed E-state index contributed by atoms with van der Waals surface area (Å²) in [6.07, 6.45) is 14.4. The highest BCUT2D eigenvalue weighted by atomic mass is 32.2. The molecule has 0 N–H and O–H groups in total. The van der Waals surface area contributed by atoms with Crippen LogP contribution < -0.4 is 0 Å². The highest BCUT2D eigenvalue weighted by molar-refractivity contribution is 8.21. The van der Waals surface area contributed by atoms with Crippen LogP contribution in [-0.4, -0.2) is 12.5 Å². The lowest BCUT2D eigenvalue weighted by molar-refractivity contribution is 1.06. The molecule has 0 saturated heterocycles. The summed E-state index contributed by atoms with van der Waals surface area (Å²) in [6.45, 7) is 14.6. The van der Waals surface area contributed by atoms with Crippen LogP contribution in [0.2, 0.25) is 0 Å². The third-order valence-electron chi connectivity index (χ3n) is 3.11. The number of hydrogen-bond acceptors (Lipinski definition) is 3. The second-order valence-corrected chi connectivity index (χ2v) is 6.89. The molecule has 0 fully saturated rings. The van der Waals surface area contributed by atoms with Crippen molar-refractivity contribution < 1.29 is 0 Å². The van der Waals surface area contributed by atoms with Gasteiger partial charge in [-0.25, -0.2) is 4.40 Å². The van der Waals surface area contributed by atoms with Gasteiger partial charge in [-0.2, -0.15) is 0 Å². The van der Waals surface area contributed by atoms with Crippen molar-refractivity contribution in [3.8, 4) is 0 Å². The minimum atomic E-state index is 1.06. The second kappa shape index (κ2) is 12.6. The Morgan fingerprint density at radius 1 is 1.18 bits per heavy atom. The molecule has 0 saturated carbocycles. The molecule has 122 valence electrons. The van der Waals surface area contributed by atoms with E-state index in [4.69, 9.17) is 0 Å². The van der Waals surface area contributed by atoms with Gasteiger partial charge in [-0.05, 0) is 62.7 Å². The molecule has 0 amide bonds. The minimum absolute atomic E-state index is 1.06. The summed E-state index contributed by atoms with van der Waals surface area (Å²) >= 11 is 3.16. The van der Waals surface area contributed by atoms with Gasteiger partial charge in [0, 0.05) is 18.2 Å². The lowest BCUT2D eigenvalue weighted by Crippen LogP contribution is -1.90. The fourth-order valence-electron chi connectivity index (χ4n) is 2.16. The van der Waals surface area contributed by atoms with E-state index < -0.39 is 0 Å². The van der Waals surface area contributed by atoms with E-state index in [0.29, 0.717) is 0 Å². The second-order valence-electron chi connectivity index (χ2n) is 4.95. The molecule has 0 aromatic carbocycles. The van der Waals surface area contributed by atoms with Crippen molar-refractivity contribution in [1.29, 1.82) is 0 Å². The Morgan fingerprint density at radius 3 is 2.36 bits per heavy atom.